The topological polar surface area (TPSA) is 29.9 Å². The molecular weight excluding hydrogens is 314 g/mol. The molecule has 0 saturated heterocycles. The van der Waals surface area contributed by atoms with E-state index >= 15 is 0 Å². The lowest BCUT2D eigenvalue weighted by atomic mass is 9.97. The van der Waals surface area contributed by atoms with Crippen molar-refractivity contribution in [2.24, 2.45) is 5.92 Å². The average molecular weight is 344 g/mol. The van der Waals surface area contributed by atoms with E-state index in [9.17, 15) is 0 Å². The fraction of sp³-hybridized carbons (Fsp3) is 0.812. The van der Waals surface area contributed by atoms with Gasteiger partial charge in [-0.1, -0.05) is 20.8 Å². The minimum Gasteiger partial charge on any atom is -0.314 e. The Hall–Kier alpha value is -0.350. The predicted octanol–water partition coefficient (Wildman–Crippen LogP) is 4.32. The van der Waals surface area contributed by atoms with Crippen molar-refractivity contribution in [3.8, 4) is 0 Å². The van der Waals surface area contributed by atoms with Crippen LogP contribution >= 0.6 is 15.9 Å². The van der Waals surface area contributed by atoms with Gasteiger partial charge in [0.1, 0.15) is 0 Å². The smallest absolute Gasteiger partial charge is 0.0738 e. The summed E-state index contributed by atoms with van der Waals surface area (Å²) in [5, 5.41) is 8.23. The van der Waals surface area contributed by atoms with Crippen LogP contribution in [0.15, 0.2) is 4.47 Å². The summed E-state index contributed by atoms with van der Waals surface area (Å²) < 4.78 is 3.32. The number of hydrogen-bond acceptors (Lipinski definition) is 2. The molecule has 1 unspecified atom stereocenters. The zero-order valence-corrected chi connectivity index (χ0v) is 15.3. The van der Waals surface area contributed by atoms with Crippen LogP contribution in [-0.4, -0.2) is 22.4 Å². The molecule has 0 spiro atoms. The Bertz CT molecular complexity index is 399. The number of nitrogens with zero attached hydrogens (tertiary/aromatic N) is 2. The third-order valence-corrected chi connectivity index (χ3v) is 4.87. The van der Waals surface area contributed by atoms with E-state index in [0.717, 1.165) is 25.2 Å². The zero-order valence-electron chi connectivity index (χ0n) is 13.7. The molecule has 0 amide bonds. The van der Waals surface area contributed by atoms with Gasteiger partial charge in [0.15, 0.2) is 0 Å². The Morgan fingerprint density at radius 3 is 2.55 bits per heavy atom. The van der Waals surface area contributed by atoms with Gasteiger partial charge in [-0.3, -0.25) is 4.68 Å². The Morgan fingerprint density at radius 1 is 1.30 bits per heavy atom. The fourth-order valence-electron chi connectivity index (χ4n) is 2.60. The minimum absolute atomic E-state index is 0.632. The molecule has 3 nitrogen and oxygen atoms in total. The van der Waals surface area contributed by atoms with Crippen molar-refractivity contribution in [3.05, 3.63) is 15.9 Å². The van der Waals surface area contributed by atoms with Crippen LogP contribution in [0.1, 0.15) is 58.3 Å². The molecule has 1 aromatic rings. The van der Waals surface area contributed by atoms with Gasteiger partial charge in [0.25, 0.3) is 0 Å². The lowest BCUT2D eigenvalue weighted by molar-refractivity contribution is 0.369. The zero-order chi connectivity index (χ0) is 15.1. The van der Waals surface area contributed by atoms with Gasteiger partial charge >= 0.3 is 0 Å². The average Bonchev–Trinajstić information content (AvgIpc) is 2.69. The SMILES string of the molecule is CCCNC(CCCc1c(Br)c(C)nn1CC)C(C)C. The molecule has 1 atom stereocenters. The highest BCUT2D eigenvalue weighted by molar-refractivity contribution is 9.10. The van der Waals surface area contributed by atoms with E-state index in [-0.39, 0.29) is 0 Å². The van der Waals surface area contributed by atoms with Crippen molar-refractivity contribution in [2.75, 3.05) is 6.54 Å². The largest absolute Gasteiger partial charge is 0.314 e. The van der Waals surface area contributed by atoms with Crippen LogP contribution in [0.5, 0.6) is 0 Å². The summed E-state index contributed by atoms with van der Waals surface area (Å²) in [5.74, 6) is 0.697. The first-order chi connectivity index (χ1) is 9.51. The lowest BCUT2D eigenvalue weighted by Gasteiger charge is -2.22. The van der Waals surface area contributed by atoms with Crippen LogP contribution in [0.4, 0.5) is 0 Å². The molecule has 0 aliphatic carbocycles. The Labute approximate surface area is 132 Å². The second-order valence-electron chi connectivity index (χ2n) is 5.86. The number of aryl methyl sites for hydroxylation is 2. The molecule has 0 radical (unpaired) electrons. The summed E-state index contributed by atoms with van der Waals surface area (Å²) >= 11 is 3.68. The number of nitrogens with one attached hydrogen (secondary N) is 1. The van der Waals surface area contributed by atoms with E-state index < -0.39 is 0 Å². The summed E-state index contributed by atoms with van der Waals surface area (Å²) in [6, 6.07) is 0.632. The molecule has 0 aliphatic heterocycles. The molecule has 1 heterocycles. The predicted molar refractivity (Wildman–Crippen MR) is 90.2 cm³/mol. The Balaban J connectivity index is 2.54. The first kappa shape index (κ1) is 17.7. The van der Waals surface area contributed by atoms with Crippen molar-refractivity contribution in [2.45, 2.75) is 72.9 Å². The summed E-state index contributed by atoms with van der Waals surface area (Å²) in [6.07, 6.45) is 4.75. The van der Waals surface area contributed by atoms with Gasteiger partial charge in [0, 0.05) is 12.6 Å². The van der Waals surface area contributed by atoms with Crippen molar-refractivity contribution < 1.29 is 0 Å². The van der Waals surface area contributed by atoms with Gasteiger partial charge in [0.2, 0.25) is 0 Å². The van der Waals surface area contributed by atoms with Gasteiger partial charge in [0.05, 0.1) is 15.9 Å². The van der Waals surface area contributed by atoms with Crippen molar-refractivity contribution in [1.82, 2.24) is 15.1 Å². The van der Waals surface area contributed by atoms with Gasteiger partial charge in [-0.05, 0) is 67.9 Å². The molecule has 0 aliphatic rings. The number of rotatable bonds is 9. The van der Waals surface area contributed by atoms with Crippen LogP contribution < -0.4 is 5.32 Å². The van der Waals surface area contributed by atoms with Crippen LogP contribution in [-0.2, 0) is 13.0 Å². The highest BCUT2D eigenvalue weighted by atomic mass is 79.9. The van der Waals surface area contributed by atoms with Crippen LogP contribution in [0.25, 0.3) is 0 Å². The number of hydrogen-bond donors (Lipinski definition) is 1. The van der Waals surface area contributed by atoms with E-state index in [0.29, 0.717) is 12.0 Å². The second-order valence-corrected chi connectivity index (χ2v) is 6.65. The van der Waals surface area contributed by atoms with E-state index in [1.807, 2.05) is 0 Å². The van der Waals surface area contributed by atoms with Crippen LogP contribution in [0.2, 0.25) is 0 Å². The van der Waals surface area contributed by atoms with Gasteiger partial charge in [-0.2, -0.15) is 5.10 Å². The maximum atomic E-state index is 4.57. The number of aromatic nitrogens is 2. The van der Waals surface area contributed by atoms with E-state index in [1.165, 1.54) is 29.4 Å². The normalized spacial score (nSPS) is 13.2. The fourth-order valence-corrected chi connectivity index (χ4v) is 3.08. The third kappa shape index (κ3) is 4.88. The standard InChI is InChI=1S/C16H30BrN3/c1-6-11-18-14(12(3)4)9-8-10-15-16(17)13(5)19-20(15)7-2/h12,14,18H,6-11H2,1-5H3. The van der Waals surface area contributed by atoms with Gasteiger partial charge in [-0.25, -0.2) is 0 Å². The van der Waals surface area contributed by atoms with Crippen LogP contribution in [0, 0.1) is 12.8 Å². The summed E-state index contributed by atoms with van der Waals surface area (Å²) in [7, 11) is 0. The van der Waals surface area contributed by atoms with Crippen molar-refractivity contribution in [3.63, 3.8) is 0 Å². The maximum absolute atomic E-state index is 4.57. The van der Waals surface area contributed by atoms with Crippen molar-refractivity contribution in [1.29, 1.82) is 0 Å². The Kier molecular flexibility index (Phi) is 7.82. The first-order valence-electron chi connectivity index (χ1n) is 7.96. The first-order valence-corrected chi connectivity index (χ1v) is 8.75. The molecular formula is C16H30BrN3. The highest BCUT2D eigenvalue weighted by Gasteiger charge is 2.15. The lowest BCUT2D eigenvalue weighted by Crippen LogP contribution is -2.34. The van der Waals surface area contributed by atoms with Gasteiger partial charge in [-0.15, -0.1) is 0 Å². The molecule has 0 saturated carbocycles. The summed E-state index contributed by atoms with van der Waals surface area (Å²) in [5.41, 5.74) is 2.45. The Morgan fingerprint density at radius 2 is 2.00 bits per heavy atom. The molecule has 1 rings (SSSR count). The third-order valence-electron chi connectivity index (χ3n) is 3.84. The molecule has 116 valence electrons. The van der Waals surface area contributed by atoms with Crippen molar-refractivity contribution >= 4 is 15.9 Å². The van der Waals surface area contributed by atoms with Gasteiger partial charge < -0.3 is 5.32 Å². The second kappa shape index (κ2) is 8.83. The maximum Gasteiger partial charge on any atom is 0.0738 e. The molecule has 20 heavy (non-hydrogen) atoms. The minimum atomic E-state index is 0.632. The molecule has 0 fully saturated rings. The highest BCUT2D eigenvalue weighted by Crippen LogP contribution is 2.23. The molecule has 0 bridgehead atoms. The van der Waals surface area contributed by atoms with E-state index in [1.54, 1.807) is 0 Å². The number of halogens is 1. The monoisotopic (exact) mass is 343 g/mol. The van der Waals surface area contributed by atoms with Crippen LogP contribution in [0.3, 0.4) is 0 Å². The molecule has 0 aromatic carbocycles. The summed E-state index contributed by atoms with van der Waals surface area (Å²) in [4.78, 5) is 0. The molecule has 4 heteroatoms. The van der Waals surface area contributed by atoms with E-state index in [4.69, 9.17) is 0 Å². The molecule has 1 aromatic heterocycles. The molecule has 1 N–H and O–H groups in total. The summed E-state index contributed by atoms with van der Waals surface area (Å²) in [6.45, 7) is 13.1. The van der Waals surface area contributed by atoms with E-state index in [2.05, 4.69) is 65.6 Å². The quantitative estimate of drug-likeness (QED) is 0.723.